The molecule has 0 heterocycles. The Labute approximate surface area is 105 Å². The summed E-state index contributed by atoms with van der Waals surface area (Å²) in [6.45, 7) is 0.592. The van der Waals surface area contributed by atoms with Crippen LogP contribution in [0.25, 0.3) is 0 Å². The van der Waals surface area contributed by atoms with Crippen molar-refractivity contribution in [1.29, 1.82) is 0 Å². The van der Waals surface area contributed by atoms with E-state index in [0.29, 0.717) is 17.9 Å². The fraction of sp³-hybridized carbons (Fsp3) is 0.417. The lowest BCUT2D eigenvalue weighted by atomic mass is 9.93. The predicted octanol–water partition coefficient (Wildman–Crippen LogP) is 1.30. The average Bonchev–Trinajstić information content (AvgIpc) is 2.35. The van der Waals surface area contributed by atoms with Crippen molar-refractivity contribution in [3.63, 3.8) is 0 Å². The van der Waals surface area contributed by atoms with E-state index in [9.17, 15) is 9.90 Å². The van der Waals surface area contributed by atoms with Crippen LogP contribution in [0, 0.1) is 0 Å². The van der Waals surface area contributed by atoms with Crippen LogP contribution in [0.15, 0.2) is 30.3 Å². The zero-order valence-corrected chi connectivity index (χ0v) is 10.6. The van der Waals surface area contributed by atoms with E-state index >= 15 is 0 Å². The Hall–Kier alpha value is -1.04. The van der Waals surface area contributed by atoms with Crippen molar-refractivity contribution in [3.8, 4) is 0 Å². The van der Waals surface area contributed by atoms with Crippen LogP contribution in [0.1, 0.15) is 5.56 Å². The van der Waals surface area contributed by atoms with E-state index in [-0.39, 0.29) is 0 Å². The van der Waals surface area contributed by atoms with Gasteiger partial charge in [0.1, 0.15) is 5.54 Å². The van der Waals surface area contributed by atoms with Crippen LogP contribution in [0.2, 0.25) is 0 Å². The summed E-state index contributed by atoms with van der Waals surface area (Å²) in [5, 5.41) is 9.27. The number of aliphatic carboxylic acids is 1. The van der Waals surface area contributed by atoms with Crippen molar-refractivity contribution < 1.29 is 14.6 Å². The Kier molecular flexibility index (Phi) is 5.47. The monoisotopic (exact) mass is 255 g/mol. The molecule has 0 bridgehead atoms. The summed E-state index contributed by atoms with van der Waals surface area (Å²) in [6, 6.07) is 8.90. The standard InChI is InChI=1S/C12H17NO3S/c1-16-7-8-17-9-12(13,11(14)15)10-5-3-2-4-6-10/h2-6H,7-9,13H2,1H3,(H,14,15). The molecule has 0 aromatic heterocycles. The lowest BCUT2D eigenvalue weighted by molar-refractivity contribution is -0.142. The number of ether oxygens (including phenoxy) is 1. The normalized spacial score (nSPS) is 14.2. The van der Waals surface area contributed by atoms with Gasteiger partial charge >= 0.3 is 5.97 Å². The summed E-state index contributed by atoms with van der Waals surface area (Å²) in [5.41, 5.74) is 5.27. The van der Waals surface area contributed by atoms with E-state index < -0.39 is 11.5 Å². The summed E-state index contributed by atoms with van der Waals surface area (Å²) in [5.74, 6) is 0.0549. The van der Waals surface area contributed by atoms with Gasteiger partial charge < -0.3 is 15.6 Å². The second-order valence-electron chi connectivity index (χ2n) is 3.69. The van der Waals surface area contributed by atoms with E-state index in [2.05, 4.69) is 0 Å². The fourth-order valence-corrected chi connectivity index (χ4v) is 2.42. The van der Waals surface area contributed by atoms with Gasteiger partial charge in [-0.3, -0.25) is 0 Å². The first kappa shape index (κ1) is 14.0. The quantitative estimate of drug-likeness (QED) is 0.719. The van der Waals surface area contributed by atoms with Crippen LogP contribution >= 0.6 is 11.8 Å². The van der Waals surface area contributed by atoms with Crippen LogP contribution in [0.4, 0.5) is 0 Å². The number of hydrogen-bond donors (Lipinski definition) is 2. The molecule has 3 N–H and O–H groups in total. The maximum atomic E-state index is 11.3. The SMILES string of the molecule is COCCSCC(N)(C(=O)O)c1ccccc1. The maximum absolute atomic E-state index is 11.3. The van der Waals surface area contributed by atoms with Crippen molar-refractivity contribution in [2.24, 2.45) is 5.73 Å². The molecule has 0 saturated heterocycles. The average molecular weight is 255 g/mol. The van der Waals surface area contributed by atoms with Crippen molar-refractivity contribution in [2.75, 3.05) is 25.2 Å². The van der Waals surface area contributed by atoms with Gasteiger partial charge in [-0.05, 0) is 5.56 Å². The van der Waals surface area contributed by atoms with Crippen molar-refractivity contribution in [1.82, 2.24) is 0 Å². The highest BCUT2D eigenvalue weighted by Crippen LogP contribution is 2.23. The van der Waals surface area contributed by atoms with Crippen molar-refractivity contribution >= 4 is 17.7 Å². The first-order valence-electron chi connectivity index (χ1n) is 5.25. The van der Waals surface area contributed by atoms with Crippen LogP contribution < -0.4 is 5.73 Å². The third-order valence-corrected chi connectivity index (χ3v) is 3.55. The van der Waals surface area contributed by atoms with Crippen LogP contribution in [0.5, 0.6) is 0 Å². The van der Waals surface area contributed by atoms with Gasteiger partial charge in [-0.25, -0.2) is 4.79 Å². The smallest absolute Gasteiger partial charge is 0.329 e. The minimum Gasteiger partial charge on any atom is -0.480 e. The minimum absolute atomic E-state index is 0.329. The third kappa shape index (κ3) is 3.73. The number of carboxylic acid groups (broad SMARTS) is 1. The van der Waals surface area contributed by atoms with Gasteiger partial charge in [-0.1, -0.05) is 30.3 Å². The summed E-state index contributed by atoms with van der Waals surface area (Å²) in [4.78, 5) is 11.3. The molecule has 1 unspecified atom stereocenters. The largest absolute Gasteiger partial charge is 0.480 e. The Balaban J connectivity index is 2.73. The molecule has 17 heavy (non-hydrogen) atoms. The predicted molar refractivity (Wildman–Crippen MR) is 69.1 cm³/mol. The molecular formula is C12H17NO3S. The number of carboxylic acids is 1. The summed E-state index contributed by atoms with van der Waals surface area (Å²) in [6.07, 6.45) is 0. The maximum Gasteiger partial charge on any atom is 0.329 e. The molecule has 1 aromatic carbocycles. The number of thioether (sulfide) groups is 1. The number of benzene rings is 1. The topological polar surface area (TPSA) is 72.5 Å². The zero-order valence-electron chi connectivity index (χ0n) is 9.76. The molecule has 1 rings (SSSR count). The summed E-state index contributed by atoms with van der Waals surface area (Å²) < 4.78 is 4.91. The van der Waals surface area contributed by atoms with Gasteiger partial charge in [0.05, 0.1) is 6.61 Å². The molecule has 0 aliphatic heterocycles. The van der Waals surface area contributed by atoms with Crippen LogP contribution in [-0.2, 0) is 15.1 Å². The molecule has 0 spiro atoms. The van der Waals surface area contributed by atoms with Gasteiger partial charge in [-0.2, -0.15) is 11.8 Å². The molecule has 0 aliphatic carbocycles. The molecule has 0 aliphatic rings. The van der Waals surface area contributed by atoms with Crippen LogP contribution in [-0.4, -0.2) is 36.3 Å². The van der Waals surface area contributed by atoms with Gasteiger partial charge in [0.25, 0.3) is 0 Å². The van der Waals surface area contributed by atoms with E-state index in [1.165, 1.54) is 11.8 Å². The number of methoxy groups -OCH3 is 1. The fourth-order valence-electron chi connectivity index (χ4n) is 1.38. The number of carbonyl (C=O) groups is 1. The van der Waals surface area contributed by atoms with E-state index in [4.69, 9.17) is 10.5 Å². The first-order valence-corrected chi connectivity index (χ1v) is 6.41. The first-order chi connectivity index (χ1) is 8.11. The molecular weight excluding hydrogens is 238 g/mol. The summed E-state index contributed by atoms with van der Waals surface area (Å²) >= 11 is 1.48. The van der Waals surface area contributed by atoms with E-state index in [1.807, 2.05) is 6.07 Å². The van der Waals surface area contributed by atoms with Crippen LogP contribution in [0.3, 0.4) is 0 Å². The molecule has 1 aromatic rings. The Morgan fingerprint density at radius 2 is 2.12 bits per heavy atom. The molecule has 94 valence electrons. The second-order valence-corrected chi connectivity index (χ2v) is 4.79. The van der Waals surface area contributed by atoms with Crippen molar-refractivity contribution in [3.05, 3.63) is 35.9 Å². The molecule has 0 amide bonds. The second kappa shape index (κ2) is 6.64. The van der Waals surface area contributed by atoms with Crippen molar-refractivity contribution in [2.45, 2.75) is 5.54 Å². The van der Waals surface area contributed by atoms with E-state index in [0.717, 1.165) is 5.75 Å². The molecule has 0 fully saturated rings. The van der Waals surface area contributed by atoms with Gasteiger partial charge in [0.15, 0.2) is 0 Å². The highest BCUT2D eigenvalue weighted by atomic mass is 32.2. The Morgan fingerprint density at radius 1 is 1.47 bits per heavy atom. The highest BCUT2D eigenvalue weighted by Gasteiger charge is 2.35. The minimum atomic E-state index is -1.33. The number of nitrogens with two attached hydrogens (primary N) is 1. The number of hydrogen-bond acceptors (Lipinski definition) is 4. The Morgan fingerprint density at radius 3 is 2.65 bits per heavy atom. The van der Waals surface area contributed by atoms with E-state index in [1.54, 1.807) is 31.4 Å². The highest BCUT2D eigenvalue weighted by molar-refractivity contribution is 7.99. The molecule has 0 saturated carbocycles. The third-order valence-electron chi connectivity index (χ3n) is 2.43. The number of rotatable bonds is 7. The lowest BCUT2D eigenvalue weighted by Gasteiger charge is -2.24. The van der Waals surface area contributed by atoms with Gasteiger partial charge in [0.2, 0.25) is 0 Å². The molecule has 4 nitrogen and oxygen atoms in total. The zero-order chi connectivity index (χ0) is 12.7. The summed E-state index contributed by atoms with van der Waals surface area (Å²) in [7, 11) is 1.62. The molecule has 0 radical (unpaired) electrons. The lowest BCUT2D eigenvalue weighted by Crippen LogP contribution is -2.47. The van der Waals surface area contributed by atoms with Gasteiger partial charge in [-0.15, -0.1) is 0 Å². The molecule has 5 heteroatoms. The van der Waals surface area contributed by atoms with Gasteiger partial charge in [0, 0.05) is 18.6 Å². The Bertz CT molecular complexity index is 358. The molecule has 1 atom stereocenters.